The van der Waals surface area contributed by atoms with Crippen molar-refractivity contribution < 1.29 is 9.90 Å². The van der Waals surface area contributed by atoms with Gasteiger partial charge in [-0.2, -0.15) is 0 Å². The van der Waals surface area contributed by atoms with Gasteiger partial charge in [-0.1, -0.05) is 18.2 Å². The van der Waals surface area contributed by atoms with E-state index in [4.69, 9.17) is 0 Å². The second kappa shape index (κ2) is 4.21. The number of aliphatic hydroxyl groups is 1. The van der Waals surface area contributed by atoms with Gasteiger partial charge in [0.2, 0.25) is 0 Å². The third-order valence-corrected chi connectivity index (χ3v) is 3.62. The van der Waals surface area contributed by atoms with Crippen molar-refractivity contribution in [1.29, 1.82) is 0 Å². The molecule has 0 spiro atoms. The predicted octanol–water partition coefficient (Wildman–Crippen LogP) is 1.82. The quantitative estimate of drug-likeness (QED) is 0.863. The van der Waals surface area contributed by atoms with Gasteiger partial charge in [0, 0.05) is 18.5 Å². The first-order valence-corrected chi connectivity index (χ1v) is 6.28. The largest absolute Gasteiger partial charge is 0.385 e. The summed E-state index contributed by atoms with van der Waals surface area (Å²) in [7, 11) is 0. The summed E-state index contributed by atoms with van der Waals surface area (Å²) in [6.45, 7) is 2.38. The lowest BCUT2D eigenvalue weighted by molar-refractivity contribution is -0.117. The van der Waals surface area contributed by atoms with E-state index >= 15 is 0 Å². The minimum atomic E-state index is -0.493. The number of carbonyl (C=O) groups is 1. The fourth-order valence-corrected chi connectivity index (χ4v) is 2.81. The average Bonchev–Trinajstić information content (AvgIpc) is 2.71. The van der Waals surface area contributed by atoms with Crippen molar-refractivity contribution in [1.82, 2.24) is 4.90 Å². The van der Waals surface area contributed by atoms with Gasteiger partial charge in [-0.25, -0.2) is 4.99 Å². The highest BCUT2D eigenvalue weighted by Gasteiger charge is 2.37. The Morgan fingerprint density at radius 3 is 3.06 bits per heavy atom. The molecule has 0 aliphatic carbocycles. The van der Waals surface area contributed by atoms with Crippen LogP contribution in [-0.4, -0.2) is 34.3 Å². The molecule has 4 heteroatoms. The van der Waals surface area contributed by atoms with Crippen LogP contribution in [0, 0.1) is 0 Å². The summed E-state index contributed by atoms with van der Waals surface area (Å²) >= 11 is 0. The normalized spacial score (nSPS) is 25.4. The van der Waals surface area contributed by atoms with Crippen LogP contribution in [0.25, 0.3) is 0 Å². The molecular weight excluding hydrogens is 228 g/mol. The zero-order valence-electron chi connectivity index (χ0n) is 10.3. The maximum atomic E-state index is 11.5. The maximum Gasteiger partial charge on any atom is 0.134 e. The van der Waals surface area contributed by atoms with Gasteiger partial charge in [0.1, 0.15) is 17.7 Å². The topological polar surface area (TPSA) is 52.9 Å². The van der Waals surface area contributed by atoms with Gasteiger partial charge in [0.15, 0.2) is 0 Å². The van der Waals surface area contributed by atoms with Crippen LogP contribution < -0.4 is 0 Å². The van der Waals surface area contributed by atoms with Crippen molar-refractivity contribution in [2.24, 2.45) is 4.99 Å². The molecule has 18 heavy (non-hydrogen) atoms. The lowest BCUT2D eigenvalue weighted by atomic mass is 9.97. The molecule has 1 aromatic rings. The van der Waals surface area contributed by atoms with Crippen LogP contribution in [0.4, 0.5) is 5.69 Å². The first-order chi connectivity index (χ1) is 8.66. The smallest absolute Gasteiger partial charge is 0.134 e. The molecule has 2 aliphatic rings. The number of hydrogen-bond donors (Lipinski definition) is 1. The highest BCUT2D eigenvalue weighted by atomic mass is 16.3. The molecule has 2 atom stereocenters. The Labute approximate surface area is 106 Å². The number of nitrogens with zero attached hydrogens (tertiary/aromatic N) is 2. The van der Waals surface area contributed by atoms with Crippen molar-refractivity contribution in [3.8, 4) is 0 Å². The molecule has 1 fully saturated rings. The maximum absolute atomic E-state index is 11.5. The van der Waals surface area contributed by atoms with E-state index in [1.54, 1.807) is 6.92 Å². The predicted molar refractivity (Wildman–Crippen MR) is 68.9 cm³/mol. The van der Waals surface area contributed by atoms with Crippen molar-refractivity contribution in [2.75, 3.05) is 6.54 Å². The summed E-state index contributed by atoms with van der Waals surface area (Å²) in [6, 6.07) is 7.90. The molecule has 0 aromatic heterocycles. The first kappa shape index (κ1) is 11.4. The lowest BCUT2D eigenvalue weighted by Gasteiger charge is -2.34. The van der Waals surface area contributed by atoms with Crippen molar-refractivity contribution in [2.45, 2.75) is 31.9 Å². The minimum absolute atomic E-state index is 0.0309. The van der Waals surface area contributed by atoms with Crippen LogP contribution in [0.2, 0.25) is 0 Å². The summed E-state index contributed by atoms with van der Waals surface area (Å²) in [4.78, 5) is 18.1. The fourth-order valence-electron chi connectivity index (χ4n) is 2.81. The Morgan fingerprint density at radius 1 is 1.50 bits per heavy atom. The van der Waals surface area contributed by atoms with Gasteiger partial charge in [-0.05, 0) is 19.4 Å². The summed E-state index contributed by atoms with van der Waals surface area (Å²) in [5.74, 6) is 0.886. The number of benzene rings is 1. The van der Waals surface area contributed by atoms with Gasteiger partial charge in [-0.15, -0.1) is 0 Å². The van der Waals surface area contributed by atoms with Gasteiger partial charge < -0.3 is 10.0 Å². The molecule has 1 saturated heterocycles. The summed E-state index contributed by atoms with van der Waals surface area (Å²) in [5, 5.41) is 9.94. The van der Waals surface area contributed by atoms with Crippen molar-refractivity contribution in [3.63, 3.8) is 0 Å². The Morgan fingerprint density at radius 2 is 2.28 bits per heavy atom. The van der Waals surface area contributed by atoms with E-state index < -0.39 is 6.10 Å². The van der Waals surface area contributed by atoms with E-state index in [9.17, 15) is 9.90 Å². The Bertz CT molecular complexity index is 524. The van der Waals surface area contributed by atoms with E-state index in [1.165, 1.54) is 0 Å². The molecule has 1 aromatic carbocycles. The monoisotopic (exact) mass is 244 g/mol. The molecule has 0 bridgehead atoms. The zero-order valence-corrected chi connectivity index (χ0v) is 10.3. The number of aliphatic imine (C=N–C) groups is 1. The molecule has 2 aliphatic heterocycles. The van der Waals surface area contributed by atoms with E-state index in [0.717, 1.165) is 23.6 Å². The number of aliphatic hydroxyl groups excluding tert-OH is 1. The second-order valence-corrected chi connectivity index (χ2v) is 4.95. The van der Waals surface area contributed by atoms with Gasteiger partial charge in [0.05, 0.1) is 11.7 Å². The number of amidine groups is 1. The molecule has 94 valence electrons. The molecule has 0 unspecified atom stereocenters. The van der Waals surface area contributed by atoms with Crippen LogP contribution in [-0.2, 0) is 4.79 Å². The molecule has 1 N–H and O–H groups in total. The van der Waals surface area contributed by atoms with Crippen LogP contribution in [0.5, 0.6) is 0 Å². The lowest BCUT2D eigenvalue weighted by Crippen LogP contribution is -2.36. The standard InChI is InChI=1S/C14H16N2O2/c1-9(17)8-12-10-4-2-3-5-11(10)15-14-13(18)6-7-16(12)14/h2-5,12-13,18H,6-8H2,1H3/t12-,13-/m0/s1. The van der Waals surface area contributed by atoms with Gasteiger partial charge in [0.25, 0.3) is 0 Å². The third-order valence-electron chi connectivity index (χ3n) is 3.62. The van der Waals surface area contributed by atoms with Crippen LogP contribution >= 0.6 is 0 Å². The number of ketones is 1. The number of hydrogen-bond acceptors (Lipinski definition) is 4. The molecule has 0 amide bonds. The zero-order chi connectivity index (χ0) is 12.7. The van der Waals surface area contributed by atoms with Gasteiger partial charge >= 0.3 is 0 Å². The van der Waals surface area contributed by atoms with Crippen molar-refractivity contribution in [3.05, 3.63) is 29.8 Å². The SMILES string of the molecule is CC(=O)C[C@H]1c2ccccc2N=C2[C@@H](O)CCN21. The van der Waals surface area contributed by atoms with E-state index in [0.29, 0.717) is 12.8 Å². The minimum Gasteiger partial charge on any atom is -0.385 e. The summed E-state index contributed by atoms with van der Waals surface area (Å²) in [6.07, 6.45) is 0.678. The fraction of sp³-hybridized carbons (Fsp3) is 0.429. The Balaban J connectivity index is 2.07. The summed E-state index contributed by atoms with van der Waals surface area (Å²) in [5.41, 5.74) is 1.97. The molecular formula is C14H16N2O2. The number of Topliss-reactive ketones (excluding diaryl/α,β-unsaturated/α-hetero) is 1. The third kappa shape index (κ3) is 1.73. The van der Waals surface area contributed by atoms with Crippen LogP contribution in [0.1, 0.15) is 31.4 Å². The van der Waals surface area contributed by atoms with Crippen molar-refractivity contribution >= 4 is 17.3 Å². The molecule has 0 radical (unpaired) electrons. The first-order valence-electron chi connectivity index (χ1n) is 6.28. The van der Waals surface area contributed by atoms with E-state index in [1.807, 2.05) is 24.3 Å². The molecule has 4 nitrogen and oxygen atoms in total. The number of rotatable bonds is 2. The highest BCUT2D eigenvalue weighted by molar-refractivity contribution is 5.93. The second-order valence-electron chi connectivity index (χ2n) is 4.95. The molecule has 0 saturated carbocycles. The highest BCUT2D eigenvalue weighted by Crippen LogP contribution is 2.39. The average molecular weight is 244 g/mol. The van der Waals surface area contributed by atoms with Crippen LogP contribution in [0.15, 0.2) is 29.3 Å². The number of carbonyl (C=O) groups excluding carboxylic acids is 1. The summed E-state index contributed by atoms with van der Waals surface area (Å²) < 4.78 is 0. The Hall–Kier alpha value is -1.68. The van der Waals surface area contributed by atoms with Gasteiger partial charge in [-0.3, -0.25) is 4.79 Å². The molecule has 3 rings (SSSR count). The van der Waals surface area contributed by atoms with E-state index in [2.05, 4.69) is 9.89 Å². The van der Waals surface area contributed by atoms with E-state index in [-0.39, 0.29) is 11.8 Å². The molecule has 2 heterocycles. The number of fused-ring (bicyclic) bond motifs is 2. The Kier molecular flexibility index (Phi) is 2.67. The number of para-hydroxylation sites is 1. The van der Waals surface area contributed by atoms with Crippen LogP contribution in [0.3, 0.4) is 0 Å².